The van der Waals surface area contributed by atoms with Gasteiger partial charge in [0.1, 0.15) is 0 Å². The number of hydrogen-bond donors (Lipinski definition) is 0. The van der Waals surface area contributed by atoms with Crippen LogP contribution in [-0.4, -0.2) is 4.57 Å². The fraction of sp³-hybridized carbons (Fsp3) is 0. The molecule has 0 unspecified atom stereocenters. The molecule has 0 aliphatic carbocycles. The number of para-hydroxylation sites is 3. The molecule has 7 aromatic carbocycles. The quantitative estimate of drug-likeness (QED) is 0.193. The maximum atomic E-state index is 2.38. The first-order chi connectivity index (χ1) is 22.3. The molecule has 0 N–H and O–H groups in total. The van der Waals surface area contributed by atoms with Crippen molar-refractivity contribution in [2.75, 3.05) is 4.90 Å². The average Bonchev–Trinajstić information content (AvgIpc) is 3.64. The lowest BCUT2D eigenvalue weighted by Gasteiger charge is -2.26. The van der Waals surface area contributed by atoms with Gasteiger partial charge in [0.2, 0.25) is 0 Å². The highest BCUT2D eigenvalue weighted by atomic mass is 32.1. The molecule has 0 spiro atoms. The van der Waals surface area contributed by atoms with Gasteiger partial charge in [-0.15, -0.1) is 11.3 Å². The summed E-state index contributed by atoms with van der Waals surface area (Å²) in [7, 11) is 0. The fourth-order valence-electron chi connectivity index (χ4n) is 6.71. The van der Waals surface area contributed by atoms with Crippen molar-refractivity contribution >= 4 is 70.4 Å². The van der Waals surface area contributed by atoms with Crippen molar-refractivity contribution in [2.24, 2.45) is 0 Å². The second-order valence-corrected chi connectivity index (χ2v) is 12.5. The van der Waals surface area contributed by atoms with Crippen LogP contribution in [-0.2, 0) is 0 Å². The first-order valence-electron chi connectivity index (χ1n) is 15.3. The van der Waals surface area contributed by atoms with E-state index in [-0.39, 0.29) is 0 Å². The minimum Gasteiger partial charge on any atom is -0.310 e. The van der Waals surface area contributed by atoms with E-state index in [1.807, 2.05) is 11.3 Å². The zero-order valence-corrected chi connectivity index (χ0v) is 25.3. The Hall–Kier alpha value is -5.64. The molecular formula is C42H28N2S. The normalized spacial score (nSPS) is 11.6. The molecule has 2 heterocycles. The molecule has 9 rings (SSSR count). The first kappa shape index (κ1) is 25.8. The van der Waals surface area contributed by atoms with E-state index in [1.165, 1.54) is 58.8 Å². The van der Waals surface area contributed by atoms with Gasteiger partial charge in [0, 0.05) is 53.7 Å². The van der Waals surface area contributed by atoms with Crippen LogP contribution in [0, 0.1) is 0 Å². The van der Waals surface area contributed by atoms with Crippen molar-refractivity contribution in [2.45, 2.75) is 0 Å². The second-order valence-electron chi connectivity index (χ2n) is 11.4. The van der Waals surface area contributed by atoms with Crippen LogP contribution < -0.4 is 4.90 Å². The number of rotatable bonds is 5. The summed E-state index contributed by atoms with van der Waals surface area (Å²) >= 11 is 1.85. The fourth-order valence-corrected chi connectivity index (χ4v) is 7.79. The molecule has 3 heteroatoms. The van der Waals surface area contributed by atoms with Crippen LogP contribution in [0.5, 0.6) is 0 Å². The molecule has 2 nitrogen and oxygen atoms in total. The molecule has 0 saturated heterocycles. The summed E-state index contributed by atoms with van der Waals surface area (Å²) in [5.74, 6) is 0. The van der Waals surface area contributed by atoms with E-state index in [1.54, 1.807) is 0 Å². The molecule has 0 atom stereocenters. The maximum Gasteiger partial charge on any atom is 0.0547 e. The molecule has 0 amide bonds. The molecule has 0 fully saturated rings. The highest BCUT2D eigenvalue weighted by Crippen LogP contribution is 2.42. The zero-order valence-electron chi connectivity index (χ0n) is 24.5. The molecule has 0 saturated carbocycles. The number of hydrogen-bond acceptors (Lipinski definition) is 2. The van der Waals surface area contributed by atoms with Crippen LogP contribution in [0.4, 0.5) is 17.1 Å². The van der Waals surface area contributed by atoms with Gasteiger partial charge in [-0.1, -0.05) is 97.1 Å². The SMILES string of the molecule is c1ccc(N(c2cccc(-c3ccc4c5ccccc5n(-c5ccccc5)c4c3)c2)c2ccc3sc4ccccc4c3c2)cc1. The first-order valence-corrected chi connectivity index (χ1v) is 16.1. The Morgan fingerprint density at radius 3 is 1.89 bits per heavy atom. The van der Waals surface area contributed by atoms with Crippen LogP contribution >= 0.6 is 11.3 Å². The lowest BCUT2D eigenvalue weighted by atomic mass is 10.0. The predicted octanol–water partition coefficient (Wildman–Crippen LogP) is 12.3. The molecule has 0 aliphatic rings. The Morgan fingerprint density at radius 1 is 0.378 bits per heavy atom. The number of thiophene rings is 1. The van der Waals surface area contributed by atoms with Gasteiger partial charge in [0.05, 0.1) is 11.0 Å². The average molecular weight is 593 g/mol. The van der Waals surface area contributed by atoms with E-state index < -0.39 is 0 Å². The molecule has 0 aliphatic heterocycles. The van der Waals surface area contributed by atoms with Crippen molar-refractivity contribution in [3.63, 3.8) is 0 Å². The Balaban J connectivity index is 1.21. The summed E-state index contributed by atoms with van der Waals surface area (Å²) in [5, 5.41) is 5.13. The van der Waals surface area contributed by atoms with Crippen LogP contribution in [0.1, 0.15) is 0 Å². The number of aromatic nitrogens is 1. The summed E-state index contributed by atoms with van der Waals surface area (Å²) < 4.78 is 5.01. The Labute approximate surface area is 265 Å². The van der Waals surface area contributed by atoms with Crippen LogP contribution in [0.2, 0.25) is 0 Å². The third-order valence-corrected chi connectivity index (χ3v) is 9.91. The lowest BCUT2D eigenvalue weighted by molar-refractivity contribution is 1.18. The molecule has 2 aromatic heterocycles. The highest BCUT2D eigenvalue weighted by molar-refractivity contribution is 7.25. The zero-order chi connectivity index (χ0) is 29.7. The molecule has 212 valence electrons. The highest BCUT2D eigenvalue weighted by Gasteiger charge is 2.17. The smallest absolute Gasteiger partial charge is 0.0547 e. The second kappa shape index (κ2) is 10.5. The number of benzene rings is 7. The van der Waals surface area contributed by atoms with Crippen LogP contribution in [0.15, 0.2) is 170 Å². The molecule has 0 bridgehead atoms. The van der Waals surface area contributed by atoms with E-state index in [0.29, 0.717) is 0 Å². The summed E-state index contributed by atoms with van der Waals surface area (Å²) in [4.78, 5) is 2.37. The molecular weight excluding hydrogens is 565 g/mol. The minimum absolute atomic E-state index is 1.13. The topological polar surface area (TPSA) is 8.17 Å². The molecule has 9 aromatic rings. The Bertz CT molecular complexity index is 2490. The van der Waals surface area contributed by atoms with Gasteiger partial charge in [-0.2, -0.15) is 0 Å². The number of anilines is 3. The largest absolute Gasteiger partial charge is 0.310 e. The minimum atomic E-state index is 1.13. The number of nitrogens with zero attached hydrogens (tertiary/aromatic N) is 2. The molecule has 45 heavy (non-hydrogen) atoms. The lowest BCUT2D eigenvalue weighted by Crippen LogP contribution is -2.09. The van der Waals surface area contributed by atoms with Gasteiger partial charge in [-0.25, -0.2) is 0 Å². The summed E-state index contributed by atoms with van der Waals surface area (Å²) in [6, 6.07) is 61.4. The van der Waals surface area contributed by atoms with E-state index in [2.05, 4.69) is 179 Å². The van der Waals surface area contributed by atoms with Gasteiger partial charge in [-0.3, -0.25) is 0 Å². The maximum absolute atomic E-state index is 2.38. The van der Waals surface area contributed by atoms with Crippen molar-refractivity contribution in [1.29, 1.82) is 0 Å². The van der Waals surface area contributed by atoms with Crippen molar-refractivity contribution < 1.29 is 0 Å². The van der Waals surface area contributed by atoms with E-state index in [0.717, 1.165) is 17.1 Å². The van der Waals surface area contributed by atoms with Gasteiger partial charge < -0.3 is 9.47 Å². The van der Waals surface area contributed by atoms with Gasteiger partial charge in [-0.05, 0) is 83.9 Å². The number of fused-ring (bicyclic) bond motifs is 6. The van der Waals surface area contributed by atoms with Crippen LogP contribution in [0.25, 0.3) is 58.8 Å². The predicted molar refractivity (Wildman–Crippen MR) is 194 cm³/mol. The third-order valence-electron chi connectivity index (χ3n) is 8.76. The standard InChI is InChI=1S/C42H28N2S/c1-3-13-31(14-4-1)43(34-23-25-42-38(28-34)37-19-8-10-21-41(37)45-42)33-17-11-12-29(26-33)30-22-24-36-35-18-7-9-20-39(35)44(40(36)27-30)32-15-5-2-6-16-32/h1-28H. The van der Waals surface area contributed by atoms with Gasteiger partial charge in [0.25, 0.3) is 0 Å². The summed E-state index contributed by atoms with van der Waals surface area (Å²) in [6.45, 7) is 0. The van der Waals surface area contributed by atoms with E-state index in [4.69, 9.17) is 0 Å². The Morgan fingerprint density at radius 2 is 1.02 bits per heavy atom. The third kappa shape index (κ3) is 4.32. The summed E-state index contributed by atoms with van der Waals surface area (Å²) in [5.41, 5.74) is 9.37. The van der Waals surface area contributed by atoms with Crippen molar-refractivity contribution in [1.82, 2.24) is 4.57 Å². The monoisotopic (exact) mass is 592 g/mol. The van der Waals surface area contributed by atoms with E-state index in [9.17, 15) is 0 Å². The van der Waals surface area contributed by atoms with Crippen molar-refractivity contribution in [3.8, 4) is 16.8 Å². The van der Waals surface area contributed by atoms with Crippen molar-refractivity contribution in [3.05, 3.63) is 170 Å². The van der Waals surface area contributed by atoms with Gasteiger partial charge >= 0.3 is 0 Å². The van der Waals surface area contributed by atoms with E-state index >= 15 is 0 Å². The van der Waals surface area contributed by atoms with Crippen LogP contribution in [0.3, 0.4) is 0 Å². The Kier molecular flexibility index (Phi) is 6.03. The van der Waals surface area contributed by atoms with Gasteiger partial charge in [0.15, 0.2) is 0 Å². The molecule has 0 radical (unpaired) electrons. The summed E-state index contributed by atoms with van der Waals surface area (Å²) in [6.07, 6.45) is 0.